The average Bonchev–Trinajstić information content (AvgIpc) is 2.29. The van der Waals surface area contributed by atoms with E-state index in [2.05, 4.69) is 0 Å². The lowest BCUT2D eigenvalue weighted by molar-refractivity contribution is -0.132. The maximum atomic E-state index is 10.7. The van der Waals surface area contributed by atoms with Gasteiger partial charge in [-0.05, 0) is 37.6 Å². The molecule has 1 N–H and O–H groups in total. The molecule has 17 heavy (non-hydrogen) atoms. The second kappa shape index (κ2) is 5.94. The Morgan fingerprint density at radius 1 is 1.41 bits per heavy atom. The second-order valence-corrected chi connectivity index (χ2v) is 3.48. The first-order chi connectivity index (χ1) is 8.08. The SMILES string of the molecule is CCOc1cc(/C=C(\C)C(=O)O)ccc1OC. The molecule has 0 fully saturated rings. The number of ether oxygens (including phenoxy) is 2. The maximum absolute atomic E-state index is 10.7. The predicted molar refractivity (Wildman–Crippen MR) is 65.4 cm³/mol. The van der Waals surface area contributed by atoms with Gasteiger partial charge in [0.15, 0.2) is 11.5 Å². The van der Waals surface area contributed by atoms with Crippen molar-refractivity contribution in [2.45, 2.75) is 13.8 Å². The van der Waals surface area contributed by atoms with Crippen LogP contribution in [-0.2, 0) is 4.79 Å². The molecule has 0 amide bonds. The molecule has 4 heteroatoms. The molecule has 0 heterocycles. The molecule has 1 aromatic carbocycles. The molecule has 0 aromatic heterocycles. The number of carbonyl (C=O) groups is 1. The second-order valence-electron chi connectivity index (χ2n) is 3.48. The van der Waals surface area contributed by atoms with E-state index in [1.165, 1.54) is 0 Å². The Morgan fingerprint density at radius 3 is 2.65 bits per heavy atom. The standard InChI is InChI=1S/C13H16O4/c1-4-17-12-8-10(5-6-11(12)16-3)7-9(2)13(14)15/h5-8H,4H2,1-3H3,(H,14,15)/b9-7+. The third-order valence-electron chi connectivity index (χ3n) is 2.21. The van der Waals surface area contributed by atoms with Crippen LogP contribution in [0.15, 0.2) is 23.8 Å². The van der Waals surface area contributed by atoms with Crippen LogP contribution in [0.3, 0.4) is 0 Å². The number of benzene rings is 1. The molecule has 0 radical (unpaired) electrons. The van der Waals surface area contributed by atoms with E-state index in [9.17, 15) is 4.79 Å². The molecule has 0 saturated carbocycles. The van der Waals surface area contributed by atoms with Gasteiger partial charge in [0.05, 0.1) is 13.7 Å². The van der Waals surface area contributed by atoms with Crippen LogP contribution in [0.1, 0.15) is 19.4 Å². The van der Waals surface area contributed by atoms with Crippen LogP contribution in [0.2, 0.25) is 0 Å². The van der Waals surface area contributed by atoms with Crippen molar-refractivity contribution in [2.75, 3.05) is 13.7 Å². The van der Waals surface area contributed by atoms with Gasteiger partial charge in [0, 0.05) is 5.57 Å². The molecule has 0 aliphatic heterocycles. The first kappa shape index (κ1) is 13.1. The van der Waals surface area contributed by atoms with Gasteiger partial charge >= 0.3 is 5.97 Å². The zero-order valence-electron chi connectivity index (χ0n) is 10.2. The van der Waals surface area contributed by atoms with Gasteiger partial charge in [-0.25, -0.2) is 4.79 Å². The van der Waals surface area contributed by atoms with Crippen LogP contribution in [0.5, 0.6) is 11.5 Å². The molecule has 4 nitrogen and oxygen atoms in total. The molecular weight excluding hydrogens is 220 g/mol. The smallest absolute Gasteiger partial charge is 0.331 e. The van der Waals surface area contributed by atoms with Crippen LogP contribution in [0, 0.1) is 0 Å². The average molecular weight is 236 g/mol. The van der Waals surface area contributed by atoms with Crippen LogP contribution >= 0.6 is 0 Å². The van der Waals surface area contributed by atoms with Gasteiger partial charge < -0.3 is 14.6 Å². The van der Waals surface area contributed by atoms with Gasteiger partial charge in [-0.3, -0.25) is 0 Å². The van der Waals surface area contributed by atoms with Crippen LogP contribution in [0.25, 0.3) is 6.08 Å². The lowest BCUT2D eigenvalue weighted by atomic mass is 10.1. The van der Waals surface area contributed by atoms with Crippen molar-refractivity contribution >= 4 is 12.0 Å². The van der Waals surface area contributed by atoms with Gasteiger partial charge in [-0.1, -0.05) is 6.07 Å². The molecule has 0 spiro atoms. The normalized spacial score (nSPS) is 11.1. The highest BCUT2D eigenvalue weighted by atomic mass is 16.5. The fourth-order valence-electron chi connectivity index (χ4n) is 1.36. The number of aliphatic carboxylic acids is 1. The van der Waals surface area contributed by atoms with Crippen molar-refractivity contribution in [1.29, 1.82) is 0 Å². The Bertz CT molecular complexity index is 435. The lowest BCUT2D eigenvalue weighted by Gasteiger charge is -2.09. The molecule has 0 aliphatic rings. The van der Waals surface area contributed by atoms with Gasteiger partial charge in [0.1, 0.15) is 0 Å². The largest absolute Gasteiger partial charge is 0.493 e. The van der Waals surface area contributed by atoms with E-state index in [1.54, 1.807) is 38.3 Å². The Balaban J connectivity index is 3.07. The maximum Gasteiger partial charge on any atom is 0.331 e. The molecule has 0 aliphatic carbocycles. The zero-order valence-corrected chi connectivity index (χ0v) is 10.2. The van der Waals surface area contributed by atoms with E-state index in [0.717, 1.165) is 5.56 Å². The summed E-state index contributed by atoms with van der Waals surface area (Å²) in [5.41, 5.74) is 1.05. The van der Waals surface area contributed by atoms with E-state index in [1.807, 2.05) is 6.92 Å². The predicted octanol–water partition coefficient (Wildman–Crippen LogP) is 2.58. The summed E-state index contributed by atoms with van der Waals surface area (Å²) in [6.45, 7) is 3.96. The molecule has 1 rings (SSSR count). The van der Waals surface area contributed by atoms with E-state index in [0.29, 0.717) is 18.1 Å². The highest BCUT2D eigenvalue weighted by Crippen LogP contribution is 2.28. The topological polar surface area (TPSA) is 55.8 Å². The van der Waals surface area contributed by atoms with Gasteiger partial charge in [-0.2, -0.15) is 0 Å². The van der Waals surface area contributed by atoms with Crippen molar-refractivity contribution in [2.24, 2.45) is 0 Å². The Morgan fingerprint density at radius 2 is 2.12 bits per heavy atom. The summed E-state index contributed by atoms with van der Waals surface area (Å²) in [4.78, 5) is 10.7. The van der Waals surface area contributed by atoms with Crippen molar-refractivity contribution in [3.05, 3.63) is 29.3 Å². The van der Waals surface area contributed by atoms with Crippen LogP contribution < -0.4 is 9.47 Å². The Labute approximate surface area is 100 Å². The third kappa shape index (κ3) is 3.52. The van der Waals surface area contributed by atoms with E-state index >= 15 is 0 Å². The summed E-state index contributed by atoms with van der Waals surface area (Å²) in [5.74, 6) is 0.317. The quantitative estimate of drug-likeness (QED) is 0.798. The number of hydrogen-bond acceptors (Lipinski definition) is 3. The molecule has 0 unspecified atom stereocenters. The number of rotatable bonds is 5. The highest BCUT2D eigenvalue weighted by molar-refractivity contribution is 5.91. The number of carboxylic acids is 1. The van der Waals surface area contributed by atoms with E-state index in [4.69, 9.17) is 14.6 Å². The fraction of sp³-hybridized carbons (Fsp3) is 0.308. The first-order valence-electron chi connectivity index (χ1n) is 5.31. The number of carboxylic acid groups (broad SMARTS) is 1. The molecule has 92 valence electrons. The minimum Gasteiger partial charge on any atom is -0.493 e. The summed E-state index contributed by atoms with van der Waals surface area (Å²) in [5, 5.41) is 8.79. The first-order valence-corrected chi connectivity index (χ1v) is 5.31. The summed E-state index contributed by atoms with van der Waals surface area (Å²) in [6.07, 6.45) is 1.59. The van der Waals surface area contributed by atoms with Crippen molar-refractivity contribution in [3.63, 3.8) is 0 Å². The molecular formula is C13H16O4. The van der Waals surface area contributed by atoms with Gasteiger partial charge in [0.25, 0.3) is 0 Å². The minimum absolute atomic E-state index is 0.276. The van der Waals surface area contributed by atoms with E-state index in [-0.39, 0.29) is 5.57 Å². The molecule has 1 aromatic rings. The third-order valence-corrected chi connectivity index (χ3v) is 2.21. The molecule has 0 saturated heterocycles. The number of hydrogen-bond donors (Lipinski definition) is 1. The Kier molecular flexibility index (Phi) is 4.57. The van der Waals surface area contributed by atoms with Crippen molar-refractivity contribution in [3.8, 4) is 11.5 Å². The molecule has 0 atom stereocenters. The minimum atomic E-state index is -0.932. The lowest BCUT2D eigenvalue weighted by Crippen LogP contribution is -1.97. The van der Waals surface area contributed by atoms with Crippen molar-refractivity contribution in [1.82, 2.24) is 0 Å². The fourth-order valence-corrected chi connectivity index (χ4v) is 1.36. The Hall–Kier alpha value is -1.97. The van der Waals surface area contributed by atoms with Crippen LogP contribution in [-0.4, -0.2) is 24.8 Å². The highest BCUT2D eigenvalue weighted by Gasteiger charge is 2.05. The summed E-state index contributed by atoms with van der Waals surface area (Å²) < 4.78 is 10.6. The van der Waals surface area contributed by atoms with Gasteiger partial charge in [0.2, 0.25) is 0 Å². The van der Waals surface area contributed by atoms with Crippen LogP contribution in [0.4, 0.5) is 0 Å². The summed E-state index contributed by atoms with van der Waals surface area (Å²) in [7, 11) is 1.57. The van der Waals surface area contributed by atoms with E-state index < -0.39 is 5.97 Å². The zero-order chi connectivity index (χ0) is 12.8. The summed E-state index contributed by atoms with van der Waals surface area (Å²) in [6, 6.07) is 5.30. The summed E-state index contributed by atoms with van der Waals surface area (Å²) >= 11 is 0. The van der Waals surface area contributed by atoms with Gasteiger partial charge in [-0.15, -0.1) is 0 Å². The van der Waals surface area contributed by atoms with Crippen molar-refractivity contribution < 1.29 is 19.4 Å². The monoisotopic (exact) mass is 236 g/mol. The number of methoxy groups -OCH3 is 1. The molecule has 0 bridgehead atoms.